The Labute approximate surface area is 149 Å². The SMILES string of the molecule is Cc1ccc(-c2nc(COC(=O)c3cc4ccccc4[nH]3)cs2)cc1. The zero-order valence-corrected chi connectivity index (χ0v) is 14.5. The van der Waals surface area contributed by atoms with Gasteiger partial charge >= 0.3 is 5.97 Å². The molecule has 124 valence electrons. The first-order valence-electron chi connectivity index (χ1n) is 7.95. The second kappa shape index (κ2) is 6.53. The lowest BCUT2D eigenvalue weighted by Crippen LogP contribution is -2.05. The van der Waals surface area contributed by atoms with Gasteiger partial charge in [0, 0.05) is 21.8 Å². The van der Waals surface area contributed by atoms with Crippen LogP contribution in [0, 0.1) is 6.92 Å². The van der Waals surface area contributed by atoms with E-state index in [2.05, 4.69) is 41.2 Å². The van der Waals surface area contributed by atoms with Crippen LogP contribution in [0.25, 0.3) is 21.5 Å². The number of esters is 1. The maximum absolute atomic E-state index is 12.2. The van der Waals surface area contributed by atoms with Crippen molar-refractivity contribution < 1.29 is 9.53 Å². The number of H-pyrrole nitrogens is 1. The van der Waals surface area contributed by atoms with Gasteiger partial charge < -0.3 is 9.72 Å². The maximum atomic E-state index is 12.2. The standard InChI is InChI=1S/C20H16N2O2S/c1-13-6-8-14(9-7-13)19-21-16(12-25-19)11-24-20(23)18-10-15-4-2-3-5-17(15)22-18/h2-10,12,22H,11H2,1H3. The van der Waals surface area contributed by atoms with Gasteiger partial charge in [-0.15, -0.1) is 11.3 Å². The minimum Gasteiger partial charge on any atom is -0.454 e. The fourth-order valence-electron chi connectivity index (χ4n) is 2.60. The molecule has 0 aliphatic heterocycles. The van der Waals surface area contributed by atoms with Gasteiger partial charge in [-0.1, -0.05) is 48.0 Å². The number of aromatic nitrogens is 2. The molecule has 0 saturated heterocycles. The van der Waals surface area contributed by atoms with Crippen molar-refractivity contribution >= 4 is 28.2 Å². The Morgan fingerprint density at radius 3 is 2.76 bits per heavy atom. The number of fused-ring (bicyclic) bond motifs is 1. The molecule has 0 amide bonds. The van der Waals surface area contributed by atoms with Crippen LogP contribution in [0.3, 0.4) is 0 Å². The van der Waals surface area contributed by atoms with Crippen molar-refractivity contribution in [1.29, 1.82) is 0 Å². The molecule has 2 aromatic carbocycles. The van der Waals surface area contributed by atoms with E-state index in [0.29, 0.717) is 5.69 Å². The molecule has 0 spiro atoms. The molecule has 0 aliphatic rings. The number of ether oxygens (including phenoxy) is 1. The first-order chi connectivity index (χ1) is 12.2. The number of carbonyl (C=O) groups is 1. The fourth-order valence-corrected chi connectivity index (χ4v) is 3.41. The summed E-state index contributed by atoms with van der Waals surface area (Å²) >= 11 is 1.55. The van der Waals surface area contributed by atoms with Crippen LogP contribution in [-0.2, 0) is 11.3 Å². The van der Waals surface area contributed by atoms with Crippen molar-refractivity contribution in [3.63, 3.8) is 0 Å². The van der Waals surface area contributed by atoms with Crippen molar-refractivity contribution in [3.05, 3.63) is 76.9 Å². The second-order valence-corrected chi connectivity index (χ2v) is 6.71. The molecular formula is C20H16N2O2S. The van der Waals surface area contributed by atoms with Gasteiger partial charge in [-0.25, -0.2) is 9.78 Å². The van der Waals surface area contributed by atoms with Crippen molar-refractivity contribution in [2.24, 2.45) is 0 Å². The lowest BCUT2D eigenvalue weighted by atomic mass is 10.2. The molecule has 0 saturated carbocycles. The molecule has 4 rings (SSSR count). The second-order valence-electron chi connectivity index (χ2n) is 5.86. The molecule has 0 unspecified atom stereocenters. The third kappa shape index (κ3) is 3.32. The van der Waals surface area contributed by atoms with E-state index in [1.165, 1.54) is 5.56 Å². The largest absolute Gasteiger partial charge is 0.454 e. The number of hydrogen-bond donors (Lipinski definition) is 1. The number of carbonyl (C=O) groups excluding carboxylic acids is 1. The molecule has 0 fully saturated rings. The molecular weight excluding hydrogens is 332 g/mol. The van der Waals surface area contributed by atoms with Crippen molar-refractivity contribution in [2.45, 2.75) is 13.5 Å². The van der Waals surface area contributed by atoms with Gasteiger partial charge in [0.1, 0.15) is 17.3 Å². The highest BCUT2D eigenvalue weighted by atomic mass is 32.1. The molecule has 0 atom stereocenters. The third-order valence-corrected chi connectivity index (χ3v) is 4.89. The predicted octanol–water partition coefficient (Wildman–Crippen LogP) is 4.96. The molecule has 4 nitrogen and oxygen atoms in total. The van der Waals surface area contributed by atoms with E-state index in [9.17, 15) is 4.79 Å². The Balaban J connectivity index is 1.44. The van der Waals surface area contributed by atoms with E-state index < -0.39 is 0 Å². The van der Waals surface area contributed by atoms with E-state index in [4.69, 9.17) is 4.74 Å². The number of para-hydroxylation sites is 1. The van der Waals surface area contributed by atoms with E-state index >= 15 is 0 Å². The lowest BCUT2D eigenvalue weighted by molar-refractivity contribution is 0.0462. The van der Waals surface area contributed by atoms with Crippen molar-refractivity contribution in [3.8, 4) is 10.6 Å². The van der Waals surface area contributed by atoms with Crippen LogP contribution >= 0.6 is 11.3 Å². The van der Waals surface area contributed by atoms with E-state index in [1.54, 1.807) is 17.4 Å². The Bertz CT molecular complexity index is 998. The Kier molecular flexibility index (Phi) is 4.07. The number of hydrogen-bond acceptors (Lipinski definition) is 4. The summed E-state index contributed by atoms with van der Waals surface area (Å²) in [4.78, 5) is 19.8. The van der Waals surface area contributed by atoms with Crippen LogP contribution in [0.1, 0.15) is 21.7 Å². The summed E-state index contributed by atoms with van der Waals surface area (Å²) in [5.74, 6) is -0.374. The van der Waals surface area contributed by atoms with Gasteiger partial charge in [0.2, 0.25) is 0 Å². The number of nitrogens with one attached hydrogen (secondary N) is 1. The van der Waals surface area contributed by atoms with Gasteiger partial charge in [0.05, 0.1) is 5.69 Å². The average molecular weight is 348 g/mol. The highest BCUT2D eigenvalue weighted by molar-refractivity contribution is 7.13. The Morgan fingerprint density at radius 1 is 1.16 bits per heavy atom. The predicted molar refractivity (Wildman–Crippen MR) is 99.7 cm³/mol. The summed E-state index contributed by atoms with van der Waals surface area (Å²) < 4.78 is 5.39. The van der Waals surface area contributed by atoms with E-state index in [1.807, 2.05) is 29.6 Å². The summed E-state index contributed by atoms with van der Waals surface area (Å²) in [6.45, 7) is 2.22. The average Bonchev–Trinajstić information content (AvgIpc) is 3.27. The van der Waals surface area contributed by atoms with Crippen LogP contribution in [0.4, 0.5) is 0 Å². The fraction of sp³-hybridized carbons (Fsp3) is 0.100. The lowest BCUT2D eigenvalue weighted by Gasteiger charge is -2.00. The summed E-state index contributed by atoms with van der Waals surface area (Å²) in [6.07, 6.45) is 0. The van der Waals surface area contributed by atoms with E-state index in [-0.39, 0.29) is 12.6 Å². The Hall–Kier alpha value is -2.92. The zero-order valence-electron chi connectivity index (χ0n) is 13.7. The molecule has 25 heavy (non-hydrogen) atoms. The molecule has 0 aliphatic carbocycles. The Morgan fingerprint density at radius 2 is 1.96 bits per heavy atom. The minimum absolute atomic E-state index is 0.163. The molecule has 0 radical (unpaired) electrons. The third-order valence-electron chi connectivity index (χ3n) is 3.95. The number of aryl methyl sites for hydroxylation is 1. The number of nitrogens with zero attached hydrogens (tertiary/aromatic N) is 1. The summed E-state index contributed by atoms with van der Waals surface area (Å²) in [5, 5.41) is 3.84. The summed E-state index contributed by atoms with van der Waals surface area (Å²) in [6, 6.07) is 17.8. The molecule has 2 aromatic heterocycles. The zero-order chi connectivity index (χ0) is 17.2. The quantitative estimate of drug-likeness (QED) is 0.531. The maximum Gasteiger partial charge on any atom is 0.355 e. The number of rotatable bonds is 4. The van der Waals surface area contributed by atoms with Gasteiger partial charge in [0.15, 0.2) is 0 Å². The smallest absolute Gasteiger partial charge is 0.355 e. The molecule has 5 heteroatoms. The summed E-state index contributed by atoms with van der Waals surface area (Å²) in [7, 11) is 0. The van der Waals surface area contributed by atoms with Crippen molar-refractivity contribution in [2.75, 3.05) is 0 Å². The van der Waals surface area contributed by atoms with Crippen LogP contribution in [0.15, 0.2) is 60.0 Å². The van der Waals surface area contributed by atoms with Gasteiger partial charge in [-0.2, -0.15) is 0 Å². The van der Waals surface area contributed by atoms with Crippen molar-refractivity contribution in [1.82, 2.24) is 9.97 Å². The van der Waals surface area contributed by atoms with Gasteiger partial charge in [-0.3, -0.25) is 0 Å². The minimum atomic E-state index is -0.374. The van der Waals surface area contributed by atoms with Crippen LogP contribution in [0.2, 0.25) is 0 Å². The normalized spacial score (nSPS) is 10.9. The highest BCUT2D eigenvalue weighted by Gasteiger charge is 2.12. The first kappa shape index (κ1) is 15.6. The molecule has 2 heterocycles. The van der Waals surface area contributed by atoms with Crippen LogP contribution in [-0.4, -0.2) is 15.9 Å². The molecule has 0 bridgehead atoms. The number of thiazole rings is 1. The van der Waals surface area contributed by atoms with Crippen LogP contribution in [0.5, 0.6) is 0 Å². The van der Waals surface area contributed by atoms with Gasteiger partial charge in [-0.05, 0) is 19.1 Å². The highest BCUT2D eigenvalue weighted by Crippen LogP contribution is 2.24. The topological polar surface area (TPSA) is 55.0 Å². The van der Waals surface area contributed by atoms with Crippen LogP contribution < -0.4 is 0 Å². The first-order valence-corrected chi connectivity index (χ1v) is 8.83. The number of aromatic amines is 1. The molecule has 1 N–H and O–H groups in total. The molecule has 4 aromatic rings. The van der Waals surface area contributed by atoms with E-state index in [0.717, 1.165) is 27.2 Å². The summed E-state index contributed by atoms with van der Waals surface area (Å²) in [5.41, 5.74) is 4.42. The monoisotopic (exact) mass is 348 g/mol. The number of benzene rings is 2. The van der Waals surface area contributed by atoms with Gasteiger partial charge in [0.25, 0.3) is 0 Å².